The van der Waals surface area contributed by atoms with E-state index in [9.17, 15) is 25.2 Å². The van der Waals surface area contributed by atoms with Crippen molar-refractivity contribution in [3.63, 3.8) is 0 Å². The Morgan fingerprint density at radius 1 is 0.523 bits per heavy atom. The predicted molar refractivity (Wildman–Crippen MR) is 261 cm³/mol. The molecule has 7 rings (SSSR count). The fraction of sp³-hybridized carbons (Fsp3) is 0.231. The Kier molecular flexibility index (Phi) is 15.9. The van der Waals surface area contributed by atoms with Gasteiger partial charge in [-0.05, 0) is 140 Å². The molecule has 2 N–H and O–H groups in total. The number of halogens is 6. The molecule has 0 aromatic heterocycles. The van der Waals surface area contributed by atoms with E-state index in [4.69, 9.17) is 6.42 Å². The molecule has 1 heterocycles. The summed E-state index contributed by atoms with van der Waals surface area (Å²) in [5.41, 5.74) is 29.2. The number of aryl methyl sites for hydroxylation is 12. The number of hydrazine groups is 2. The average Bonchev–Trinajstić information content (AvgIpc) is 3.59. The van der Waals surface area contributed by atoms with Crippen LogP contribution in [0.1, 0.15) is 77.9 Å². The molecular formula is C52H58F6N6P-. The topological polar surface area (TPSA) is 55.3 Å². The van der Waals surface area contributed by atoms with Crippen molar-refractivity contribution >= 4 is 36.3 Å². The van der Waals surface area contributed by atoms with E-state index < -0.39 is 7.81 Å². The molecule has 0 atom stereocenters. The first kappa shape index (κ1) is 51.2. The van der Waals surface area contributed by atoms with Crippen molar-refractivity contribution < 1.29 is 25.2 Å². The summed E-state index contributed by atoms with van der Waals surface area (Å²) in [5.74, 6) is 2.53. The average molecular weight is 912 g/mol. The molecule has 0 radical (unpaired) electrons. The van der Waals surface area contributed by atoms with Gasteiger partial charge in [0.05, 0.1) is 28.4 Å². The number of hydrogen-bond donors (Lipinski definition) is 2. The molecule has 0 saturated heterocycles. The van der Waals surface area contributed by atoms with Crippen LogP contribution in [-0.4, -0.2) is 0 Å². The zero-order valence-electron chi connectivity index (χ0n) is 39.1. The molecule has 344 valence electrons. The van der Waals surface area contributed by atoms with Crippen LogP contribution in [0, 0.1) is 95.4 Å². The second kappa shape index (κ2) is 20.2. The molecule has 0 aliphatic carbocycles. The molecule has 0 saturated carbocycles. The van der Waals surface area contributed by atoms with Gasteiger partial charge in [-0.2, -0.15) is 0 Å². The van der Waals surface area contributed by atoms with Crippen molar-refractivity contribution in [1.82, 2.24) is 5.53 Å². The predicted octanol–water partition coefficient (Wildman–Crippen LogP) is 17.0. The van der Waals surface area contributed by atoms with Gasteiger partial charge in [-0.15, -0.1) is 17.1 Å². The van der Waals surface area contributed by atoms with Gasteiger partial charge in [0.1, 0.15) is 0 Å². The van der Waals surface area contributed by atoms with E-state index in [1.807, 2.05) is 30.3 Å². The van der Waals surface area contributed by atoms with Crippen molar-refractivity contribution in [3.8, 4) is 12.3 Å². The van der Waals surface area contributed by atoms with Crippen LogP contribution >= 0.6 is 7.81 Å². The summed E-state index contributed by atoms with van der Waals surface area (Å²) in [5, 5.41) is 12.9. The van der Waals surface area contributed by atoms with Gasteiger partial charge in [0.2, 0.25) is 0 Å². The Labute approximate surface area is 380 Å². The summed E-state index contributed by atoms with van der Waals surface area (Å²) in [4.78, 5) is 0. The van der Waals surface area contributed by atoms with Gasteiger partial charge < -0.3 is 0 Å². The van der Waals surface area contributed by atoms with E-state index in [1.54, 1.807) is 0 Å². The van der Waals surface area contributed by atoms with Gasteiger partial charge in [-0.25, -0.2) is 0 Å². The molecule has 0 fully saturated rings. The maximum atomic E-state index is 9.87. The zero-order chi connectivity index (χ0) is 48.5. The number of benzene rings is 6. The first-order chi connectivity index (χ1) is 30.1. The first-order valence-electron chi connectivity index (χ1n) is 20.8. The van der Waals surface area contributed by atoms with Crippen molar-refractivity contribution in [1.29, 1.82) is 0 Å². The summed E-state index contributed by atoms with van der Waals surface area (Å²) in [6.45, 7) is 25.5. The van der Waals surface area contributed by atoms with Gasteiger partial charge >= 0.3 is 33.0 Å². The Morgan fingerprint density at radius 3 is 1.29 bits per heavy atom. The van der Waals surface area contributed by atoms with Gasteiger partial charge in [0, 0.05) is 17.3 Å². The summed E-state index contributed by atoms with van der Waals surface area (Å²) in [6, 6.07) is 37.7. The van der Waals surface area contributed by atoms with Crippen LogP contribution in [0.15, 0.2) is 126 Å². The Hall–Kier alpha value is -6.41. The third-order valence-electron chi connectivity index (χ3n) is 10.1. The standard InChI is InChI=1S/C26H29N3.C18H23N3.C8H6.F6P/c1-17-12-19(3)25(20(4)13-17)28-16-24(23-10-8-7-9-11-23)29(27-28)26-21(5)14-18(2)15-22(26)6;1-11-7-13(3)17(14(4)8-11)19-21-20-18-15(5)9-12(2)10-16(18)6;1-2-8-6-4-3-5-7-8;1-7(2,3,4,5)6/h7-16,27H,1-6H3;7-10H,1-6H3,(H,19,20);1,3-7H;/q;;;-1. The normalized spacial score (nSPS) is 13.2. The first-order valence-corrected chi connectivity index (χ1v) is 22.8. The summed E-state index contributed by atoms with van der Waals surface area (Å²) >= 11 is 0. The Morgan fingerprint density at radius 2 is 0.892 bits per heavy atom. The van der Waals surface area contributed by atoms with Crippen LogP contribution < -0.4 is 21.0 Å². The SMILES string of the molecule is C#Cc1ccccc1.Cc1cc(C)c(N2C=C(c3ccccc3)N(c3c(C)cc(C)cc3C)N2)c(C)c1.Cc1cc(C)c(N=NNc2c(C)cc(C)cc2C)c(C)c1.F[P-](F)(F)(F)(F)F. The third-order valence-corrected chi connectivity index (χ3v) is 10.1. The monoisotopic (exact) mass is 911 g/mol. The number of nitrogens with one attached hydrogen (secondary N) is 2. The molecule has 0 bridgehead atoms. The zero-order valence-corrected chi connectivity index (χ0v) is 39.9. The van der Waals surface area contributed by atoms with Gasteiger partial charge in [0.15, 0.2) is 0 Å². The summed E-state index contributed by atoms with van der Waals surface area (Å²) < 4.78 is 59.2. The molecule has 13 heteroatoms. The fourth-order valence-electron chi connectivity index (χ4n) is 7.89. The van der Waals surface area contributed by atoms with Gasteiger partial charge in [-0.3, -0.25) is 15.4 Å². The quantitative estimate of drug-likeness (QED) is 0.0575. The molecule has 0 unspecified atom stereocenters. The third kappa shape index (κ3) is 16.0. The molecule has 65 heavy (non-hydrogen) atoms. The van der Waals surface area contributed by atoms with Crippen LogP contribution in [0.25, 0.3) is 5.70 Å². The van der Waals surface area contributed by atoms with Crippen LogP contribution in [0.2, 0.25) is 0 Å². The molecular weight excluding hydrogens is 854 g/mol. The van der Waals surface area contributed by atoms with Gasteiger partial charge in [-0.1, -0.05) is 130 Å². The molecule has 6 aromatic rings. The fourth-order valence-corrected chi connectivity index (χ4v) is 7.89. The molecule has 0 amide bonds. The van der Waals surface area contributed by atoms with E-state index >= 15 is 0 Å². The van der Waals surface area contributed by atoms with E-state index in [1.165, 1.54) is 72.6 Å². The summed E-state index contributed by atoms with van der Waals surface area (Å²) in [7, 11) is -10.7. The maximum absolute atomic E-state index is 10.7. The molecule has 6 nitrogen and oxygen atoms in total. The van der Waals surface area contributed by atoms with Crippen molar-refractivity contribution in [2.75, 3.05) is 15.4 Å². The number of hydrogen-bond acceptors (Lipinski definition) is 5. The minimum atomic E-state index is -10.7. The van der Waals surface area contributed by atoms with E-state index in [0.717, 1.165) is 33.8 Å². The van der Waals surface area contributed by atoms with Crippen molar-refractivity contribution in [2.45, 2.75) is 83.1 Å². The summed E-state index contributed by atoms with van der Waals surface area (Å²) in [6.07, 6.45) is 7.31. The number of rotatable bonds is 6. The van der Waals surface area contributed by atoms with Crippen molar-refractivity contribution in [2.24, 2.45) is 10.3 Å². The Bertz CT molecular complexity index is 2640. The number of nitrogens with zero attached hydrogens (tertiary/aromatic N) is 4. The van der Waals surface area contributed by atoms with E-state index in [2.05, 4.69) is 205 Å². The van der Waals surface area contributed by atoms with Crippen LogP contribution in [0.3, 0.4) is 0 Å². The Balaban J connectivity index is 0.000000222. The van der Waals surface area contributed by atoms with Gasteiger partial charge in [0.25, 0.3) is 0 Å². The molecule has 1 aliphatic rings. The second-order valence-electron chi connectivity index (χ2n) is 16.5. The number of terminal acetylenes is 1. The number of anilines is 3. The van der Waals surface area contributed by atoms with Crippen LogP contribution in [-0.2, 0) is 0 Å². The van der Waals surface area contributed by atoms with Crippen LogP contribution in [0.5, 0.6) is 0 Å². The van der Waals surface area contributed by atoms with E-state index in [0.29, 0.717) is 0 Å². The minimum absolute atomic E-state index is 0.938. The molecule has 0 spiro atoms. The molecule has 1 aliphatic heterocycles. The van der Waals surface area contributed by atoms with Crippen LogP contribution in [0.4, 0.5) is 47.9 Å². The van der Waals surface area contributed by atoms with E-state index in [-0.39, 0.29) is 0 Å². The molecule has 6 aromatic carbocycles. The second-order valence-corrected chi connectivity index (χ2v) is 18.4. The van der Waals surface area contributed by atoms with Crippen molar-refractivity contribution in [3.05, 3.63) is 193 Å².